The van der Waals surface area contributed by atoms with Crippen LogP contribution in [0.15, 0.2) is 34.9 Å². The van der Waals surface area contributed by atoms with Gasteiger partial charge in [0.05, 0.1) is 6.61 Å². The molecule has 0 saturated carbocycles. The van der Waals surface area contributed by atoms with Crippen LogP contribution < -0.4 is 10.6 Å². The number of carbonyl (C=O) groups is 1. The number of carbonyl (C=O) groups excluding carboxylic acids is 1. The fraction of sp³-hybridized carbons (Fsp3) is 0.182. The lowest BCUT2D eigenvalue weighted by Gasteiger charge is -2.01. The molecule has 1 aromatic carbocycles. The third-order valence-electron chi connectivity index (χ3n) is 1.76. The van der Waals surface area contributed by atoms with Crippen LogP contribution in [0, 0.1) is 0 Å². The number of amides is 2. The second-order valence-electron chi connectivity index (χ2n) is 3.01. The smallest absolute Gasteiger partial charge is 0.318 e. The largest absolute Gasteiger partial charge is 0.395 e. The maximum atomic E-state index is 11.1. The van der Waals surface area contributed by atoms with E-state index in [9.17, 15) is 4.79 Å². The van der Waals surface area contributed by atoms with Crippen molar-refractivity contribution in [3.05, 3.63) is 40.5 Å². The monoisotopic (exact) mass is 284 g/mol. The topological polar surface area (TPSA) is 61.4 Å². The van der Waals surface area contributed by atoms with E-state index in [1.165, 1.54) is 0 Å². The van der Waals surface area contributed by atoms with E-state index in [-0.39, 0.29) is 19.2 Å². The van der Waals surface area contributed by atoms with Crippen LogP contribution in [-0.2, 0) is 0 Å². The van der Waals surface area contributed by atoms with Crippen molar-refractivity contribution in [2.45, 2.75) is 0 Å². The number of benzene rings is 1. The molecular formula is C11H13BrN2O2. The summed E-state index contributed by atoms with van der Waals surface area (Å²) < 4.78 is 1.01. The molecule has 0 unspecified atom stereocenters. The SMILES string of the molecule is O=C(N/C=C/c1ccc(Br)cc1)NCCO. The summed E-state index contributed by atoms with van der Waals surface area (Å²) in [6, 6.07) is 7.36. The van der Waals surface area contributed by atoms with Gasteiger partial charge >= 0.3 is 6.03 Å². The van der Waals surface area contributed by atoms with Gasteiger partial charge in [-0.05, 0) is 23.8 Å². The normalized spacial score (nSPS) is 10.4. The van der Waals surface area contributed by atoms with E-state index in [1.54, 1.807) is 12.3 Å². The van der Waals surface area contributed by atoms with E-state index >= 15 is 0 Å². The third kappa shape index (κ3) is 4.95. The summed E-state index contributed by atoms with van der Waals surface area (Å²) in [4.78, 5) is 11.1. The molecular weight excluding hydrogens is 272 g/mol. The fourth-order valence-electron chi connectivity index (χ4n) is 1.01. The quantitative estimate of drug-likeness (QED) is 0.788. The van der Waals surface area contributed by atoms with Crippen LogP contribution in [0.2, 0.25) is 0 Å². The predicted octanol–water partition coefficient (Wildman–Crippen LogP) is 1.71. The highest BCUT2D eigenvalue weighted by molar-refractivity contribution is 9.10. The summed E-state index contributed by atoms with van der Waals surface area (Å²) in [6.07, 6.45) is 3.33. The Morgan fingerprint density at radius 1 is 1.38 bits per heavy atom. The Morgan fingerprint density at radius 3 is 2.69 bits per heavy atom. The Morgan fingerprint density at radius 2 is 2.06 bits per heavy atom. The average molecular weight is 285 g/mol. The molecule has 4 nitrogen and oxygen atoms in total. The van der Waals surface area contributed by atoms with Crippen LogP contribution in [0.5, 0.6) is 0 Å². The van der Waals surface area contributed by atoms with Gasteiger partial charge in [0.15, 0.2) is 0 Å². The Balaban J connectivity index is 2.37. The number of rotatable bonds is 4. The maximum absolute atomic E-state index is 11.1. The Hall–Kier alpha value is -1.33. The van der Waals surface area contributed by atoms with Crippen LogP contribution in [-0.4, -0.2) is 24.3 Å². The van der Waals surface area contributed by atoms with Crippen molar-refractivity contribution in [3.8, 4) is 0 Å². The molecule has 0 aliphatic carbocycles. The summed E-state index contributed by atoms with van der Waals surface area (Å²) in [7, 11) is 0. The zero-order valence-corrected chi connectivity index (χ0v) is 10.2. The van der Waals surface area contributed by atoms with Gasteiger partial charge in [0, 0.05) is 17.2 Å². The summed E-state index contributed by atoms with van der Waals surface area (Å²) in [5, 5.41) is 13.5. The van der Waals surface area contributed by atoms with Gasteiger partial charge in [0.2, 0.25) is 0 Å². The molecule has 1 rings (SSSR count). The lowest BCUT2D eigenvalue weighted by molar-refractivity contribution is 0.237. The van der Waals surface area contributed by atoms with Gasteiger partial charge < -0.3 is 15.7 Å². The highest BCUT2D eigenvalue weighted by Crippen LogP contribution is 2.10. The van der Waals surface area contributed by atoms with Crippen molar-refractivity contribution in [1.29, 1.82) is 0 Å². The first-order valence-electron chi connectivity index (χ1n) is 4.79. The Bertz CT molecular complexity index is 363. The molecule has 1 aromatic rings. The zero-order valence-electron chi connectivity index (χ0n) is 8.61. The number of aliphatic hydroxyl groups is 1. The molecule has 5 heteroatoms. The zero-order chi connectivity index (χ0) is 11.8. The van der Waals surface area contributed by atoms with Crippen molar-refractivity contribution in [2.75, 3.05) is 13.2 Å². The van der Waals surface area contributed by atoms with Gasteiger partial charge in [0.25, 0.3) is 0 Å². The van der Waals surface area contributed by atoms with Crippen molar-refractivity contribution in [1.82, 2.24) is 10.6 Å². The van der Waals surface area contributed by atoms with Crippen molar-refractivity contribution in [2.24, 2.45) is 0 Å². The van der Waals surface area contributed by atoms with E-state index in [1.807, 2.05) is 24.3 Å². The minimum Gasteiger partial charge on any atom is -0.395 e. The number of hydrogen-bond acceptors (Lipinski definition) is 2. The lowest BCUT2D eigenvalue weighted by Crippen LogP contribution is -2.33. The highest BCUT2D eigenvalue weighted by atomic mass is 79.9. The molecule has 0 saturated heterocycles. The summed E-state index contributed by atoms with van der Waals surface area (Å²) in [5.74, 6) is 0. The number of nitrogens with one attached hydrogen (secondary N) is 2. The van der Waals surface area contributed by atoms with Crippen LogP contribution >= 0.6 is 15.9 Å². The van der Waals surface area contributed by atoms with Crippen LogP contribution in [0.3, 0.4) is 0 Å². The van der Waals surface area contributed by atoms with Crippen molar-refractivity contribution < 1.29 is 9.90 Å². The molecule has 0 aromatic heterocycles. The first-order chi connectivity index (χ1) is 7.72. The van der Waals surface area contributed by atoms with Gasteiger partial charge in [-0.25, -0.2) is 4.79 Å². The van der Waals surface area contributed by atoms with E-state index in [4.69, 9.17) is 5.11 Å². The van der Waals surface area contributed by atoms with Gasteiger partial charge in [-0.3, -0.25) is 0 Å². The van der Waals surface area contributed by atoms with Crippen molar-refractivity contribution >= 4 is 28.0 Å². The third-order valence-corrected chi connectivity index (χ3v) is 2.29. The summed E-state index contributed by atoms with van der Waals surface area (Å²) >= 11 is 3.34. The predicted molar refractivity (Wildman–Crippen MR) is 66.8 cm³/mol. The molecule has 0 spiro atoms. The molecule has 0 bridgehead atoms. The van der Waals surface area contributed by atoms with Crippen LogP contribution in [0.25, 0.3) is 6.08 Å². The Kier molecular flexibility index (Phi) is 5.60. The first-order valence-corrected chi connectivity index (χ1v) is 5.59. The van der Waals surface area contributed by atoms with Gasteiger partial charge in [0.1, 0.15) is 0 Å². The molecule has 2 amide bonds. The van der Waals surface area contributed by atoms with E-state index < -0.39 is 0 Å². The number of aliphatic hydroxyl groups excluding tert-OH is 1. The average Bonchev–Trinajstić information content (AvgIpc) is 2.29. The molecule has 0 aliphatic heterocycles. The minimum atomic E-state index is -0.331. The second-order valence-corrected chi connectivity index (χ2v) is 3.92. The van der Waals surface area contributed by atoms with E-state index in [2.05, 4.69) is 26.6 Å². The van der Waals surface area contributed by atoms with Gasteiger partial charge in [-0.2, -0.15) is 0 Å². The number of urea groups is 1. The van der Waals surface area contributed by atoms with Crippen LogP contribution in [0.4, 0.5) is 4.79 Å². The minimum absolute atomic E-state index is 0.0656. The number of halogens is 1. The molecule has 16 heavy (non-hydrogen) atoms. The van der Waals surface area contributed by atoms with E-state index in [0.717, 1.165) is 10.0 Å². The van der Waals surface area contributed by atoms with Gasteiger partial charge in [-0.1, -0.05) is 28.1 Å². The van der Waals surface area contributed by atoms with Crippen LogP contribution in [0.1, 0.15) is 5.56 Å². The highest BCUT2D eigenvalue weighted by Gasteiger charge is 1.93. The number of hydrogen-bond donors (Lipinski definition) is 3. The molecule has 0 atom stereocenters. The molecule has 0 heterocycles. The molecule has 3 N–H and O–H groups in total. The standard InChI is InChI=1S/C11H13BrN2O2/c12-10-3-1-9(2-4-10)5-6-13-11(16)14-7-8-15/h1-6,15H,7-8H2,(H2,13,14,16)/b6-5+. The first kappa shape index (κ1) is 12.7. The Labute approximate surface area is 102 Å². The summed E-state index contributed by atoms with van der Waals surface area (Å²) in [6.45, 7) is 0.182. The maximum Gasteiger partial charge on any atom is 0.318 e. The molecule has 0 aliphatic rings. The lowest BCUT2D eigenvalue weighted by atomic mass is 10.2. The second kappa shape index (κ2) is 7.03. The van der Waals surface area contributed by atoms with Crippen molar-refractivity contribution in [3.63, 3.8) is 0 Å². The summed E-state index contributed by atoms with van der Waals surface area (Å²) in [5.41, 5.74) is 0.991. The van der Waals surface area contributed by atoms with Gasteiger partial charge in [-0.15, -0.1) is 0 Å². The molecule has 0 radical (unpaired) electrons. The molecule has 86 valence electrons. The molecule has 0 fully saturated rings. The van der Waals surface area contributed by atoms with E-state index in [0.29, 0.717) is 0 Å². The fourth-order valence-corrected chi connectivity index (χ4v) is 1.27.